The first-order valence-corrected chi connectivity index (χ1v) is 9.10. The van der Waals surface area contributed by atoms with Crippen LogP contribution in [-0.4, -0.2) is 36.3 Å². The number of benzene rings is 1. The van der Waals surface area contributed by atoms with Crippen molar-refractivity contribution < 1.29 is 9.26 Å². The number of guanidine groups is 1. The average Bonchev–Trinajstić information content (AvgIpc) is 3.12. The molecule has 2 N–H and O–H groups in total. The van der Waals surface area contributed by atoms with E-state index in [0.717, 1.165) is 49.0 Å². The predicted molar refractivity (Wildman–Crippen MR) is 118 cm³/mol. The fourth-order valence-electron chi connectivity index (χ4n) is 2.33. The van der Waals surface area contributed by atoms with Gasteiger partial charge in [0.1, 0.15) is 5.75 Å². The molecule has 1 heterocycles. The van der Waals surface area contributed by atoms with Gasteiger partial charge in [0.2, 0.25) is 5.89 Å². The second-order valence-electron chi connectivity index (χ2n) is 6.28. The van der Waals surface area contributed by atoms with Crippen LogP contribution in [0.2, 0.25) is 0 Å². The molecule has 2 rings (SSSR count). The maximum atomic E-state index is 5.26. The number of methoxy groups -OCH3 is 1. The summed E-state index contributed by atoms with van der Waals surface area (Å²) in [6, 6.07) is 7.94. The van der Waals surface area contributed by atoms with Crippen LogP contribution in [0.3, 0.4) is 0 Å². The average molecular weight is 487 g/mol. The lowest BCUT2D eigenvalue weighted by molar-refractivity contribution is 0.368. The van der Waals surface area contributed by atoms with Crippen LogP contribution in [0.25, 0.3) is 0 Å². The van der Waals surface area contributed by atoms with Gasteiger partial charge in [0.15, 0.2) is 11.8 Å². The molecule has 0 aliphatic carbocycles. The highest BCUT2D eigenvalue weighted by Crippen LogP contribution is 2.13. The first kappa shape index (κ1) is 23.2. The molecule has 2 aromatic rings. The molecule has 0 saturated heterocycles. The van der Waals surface area contributed by atoms with Crippen LogP contribution < -0.4 is 15.4 Å². The van der Waals surface area contributed by atoms with Crippen LogP contribution in [0, 0.1) is 0 Å². The van der Waals surface area contributed by atoms with Crippen LogP contribution in [0.5, 0.6) is 5.75 Å². The summed E-state index contributed by atoms with van der Waals surface area (Å²) in [6.07, 6.45) is 1.64. The van der Waals surface area contributed by atoms with E-state index in [0.29, 0.717) is 12.4 Å². The Morgan fingerprint density at radius 3 is 2.78 bits per heavy atom. The number of aliphatic imine (C=N–C) groups is 1. The molecule has 1 aromatic heterocycles. The maximum Gasteiger partial charge on any atom is 0.226 e. The van der Waals surface area contributed by atoms with Crippen molar-refractivity contribution in [3.8, 4) is 5.75 Å². The summed E-state index contributed by atoms with van der Waals surface area (Å²) in [7, 11) is 1.67. The minimum absolute atomic E-state index is 0. The SMILES string of the molecule is CCNC(=NCc1cccc(OC)c1)NCCCc1nc(C(C)C)no1.I. The van der Waals surface area contributed by atoms with Gasteiger partial charge in [-0.05, 0) is 31.0 Å². The zero-order valence-electron chi connectivity index (χ0n) is 16.5. The second kappa shape index (κ2) is 12.5. The summed E-state index contributed by atoms with van der Waals surface area (Å²) in [5.41, 5.74) is 1.11. The highest BCUT2D eigenvalue weighted by atomic mass is 127. The van der Waals surface area contributed by atoms with E-state index in [1.807, 2.05) is 24.3 Å². The van der Waals surface area contributed by atoms with E-state index in [-0.39, 0.29) is 29.9 Å². The number of aromatic nitrogens is 2. The molecular weight excluding hydrogens is 457 g/mol. The van der Waals surface area contributed by atoms with Gasteiger partial charge >= 0.3 is 0 Å². The van der Waals surface area contributed by atoms with Crippen LogP contribution >= 0.6 is 24.0 Å². The van der Waals surface area contributed by atoms with Gasteiger partial charge in [-0.2, -0.15) is 4.98 Å². The van der Waals surface area contributed by atoms with Crippen LogP contribution in [0.15, 0.2) is 33.8 Å². The van der Waals surface area contributed by atoms with Crippen molar-refractivity contribution in [3.63, 3.8) is 0 Å². The van der Waals surface area contributed by atoms with Crippen molar-refractivity contribution in [2.24, 2.45) is 4.99 Å². The van der Waals surface area contributed by atoms with Crippen molar-refractivity contribution in [3.05, 3.63) is 41.5 Å². The lowest BCUT2D eigenvalue weighted by Crippen LogP contribution is -2.37. The summed E-state index contributed by atoms with van der Waals surface area (Å²) in [5, 5.41) is 10.6. The van der Waals surface area contributed by atoms with E-state index in [2.05, 4.69) is 46.5 Å². The molecule has 8 heteroatoms. The van der Waals surface area contributed by atoms with Gasteiger partial charge in [0, 0.05) is 25.4 Å². The molecule has 0 saturated carbocycles. The number of hydrogen-bond acceptors (Lipinski definition) is 5. The molecule has 0 unspecified atom stereocenters. The summed E-state index contributed by atoms with van der Waals surface area (Å²) in [5.74, 6) is 3.38. The molecule has 150 valence electrons. The third-order valence-corrected chi connectivity index (χ3v) is 3.76. The highest BCUT2D eigenvalue weighted by Gasteiger charge is 2.09. The minimum Gasteiger partial charge on any atom is -0.497 e. The Balaban J connectivity index is 0.00000364. The number of aryl methyl sites for hydroxylation is 1. The number of hydrogen-bond donors (Lipinski definition) is 2. The first-order valence-electron chi connectivity index (χ1n) is 9.10. The third-order valence-electron chi connectivity index (χ3n) is 3.76. The quantitative estimate of drug-likeness (QED) is 0.244. The zero-order valence-corrected chi connectivity index (χ0v) is 18.8. The number of nitrogens with one attached hydrogen (secondary N) is 2. The number of halogens is 1. The molecule has 27 heavy (non-hydrogen) atoms. The van der Waals surface area contributed by atoms with Crippen molar-refractivity contribution in [1.29, 1.82) is 0 Å². The molecule has 0 aliphatic rings. The Bertz CT molecular complexity index is 703. The van der Waals surface area contributed by atoms with Gasteiger partial charge in [-0.1, -0.05) is 31.1 Å². The predicted octanol–water partition coefficient (Wildman–Crippen LogP) is 3.51. The summed E-state index contributed by atoms with van der Waals surface area (Å²) in [4.78, 5) is 9.01. The van der Waals surface area contributed by atoms with Crippen molar-refractivity contribution >= 4 is 29.9 Å². The minimum atomic E-state index is 0. The van der Waals surface area contributed by atoms with Crippen molar-refractivity contribution in [2.45, 2.75) is 46.1 Å². The van der Waals surface area contributed by atoms with E-state index >= 15 is 0 Å². The largest absolute Gasteiger partial charge is 0.497 e. The third kappa shape index (κ3) is 8.15. The number of nitrogens with zero attached hydrogens (tertiary/aromatic N) is 3. The number of rotatable bonds is 9. The second-order valence-corrected chi connectivity index (χ2v) is 6.28. The van der Waals surface area contributed by atoms with E-state index in [4.69, 9.17) is 9.26 Å². The molecule has 0 bridgehead atoms. The highest BCUT2D eigenvalue weighted by molar-refractivity contribution is 14.0. The van der Waals surface area contributed by atoms with Crippen LogP contribution in [0.1, 0.15) is 50.4 Å². The molecule has 0 radical (unpaired) electrons. The Kier molecular flexibility index (Phi) is 10.8. The smallest absolute Gasteiger partial charge is 0.226 e. The van der Waals surface area contributed by atoms with Crippen LogP contribution in [0.4, 0.5) is 0 Å². The molecule has 1 aromatic carbocycles. The van der Waals surface area contributed by atoms with E-state index < -0.39 is 0 Å². The molecular formula is C19H30IN5O2. The Hall–Kier alpha value is -1.84. The Morgan fingerprint density at radius 2 is 2.11 bits per heavy atom. The molecule has 7 nitrogen and oxygen atoms in total. The van der Waals surface area contributed by atoms with Gasteiger partial charge in [-0.3, -0.25) is 0 Å². The normalized spacial score (nSPS) is 11.2. The monoisotopic (exact) mass is 487 g/mol. The zero-order chi connectivity index (χ0) is 18.8. The van der Waals surface area contributed by atoms with Gasteiger partial charge < -0.3 is 19.9 Å². The van der Waals surface area contributed by atoms with Gasteiger partial charge in [-0.25, -0.2) is 4.99 Å². The number of ether oxygens (including phenoxy) is 1. The summed E-state index contributed by atoms with van der Waals surface area (Å²) >= 11 is 0. The lowest BCUT2D eigenvalue weighted by atomic mass is 10.2. The van der Waals surface area contributed by atoms with Crippen LogP contribution in [-0.2, 0) is 13.0 Å². The van der Waals surface area contributed by atoms with Gasteiger partial charge in [0.25, 0.3) is 0 Å². The van der Waals surface area contributed by atoms with Crippen molar-refractivity contribution in [2.75, 3.05) is 20.2 Å². The van der Waals surface area contributed by atoms with Gasteiger partial charge in [0.05, 0.1) is 13.7 Å². The van der Waals surface area contributed by atoms with E-state index in [9.17, 15) is 0 Å². The van der Waals surface area contributed by atoms with E-state index in [1.54, 1.807) is 7.11 Å². The Labute approximate surface area is 178 Å². The Morgan fingerprint density at radius 1 is 1.30 bits per heavy atom. The van der Waals surface area contributed by atoms with Gasteiger partial charge in [-0.15, -0.1) is 24.0 Å². The maximum absolute atomic E-state index is 5.26. The fraction of sp³-hybridized carbons (Fsp3) is 0.526. The molecule has 0 spiro atoms. The fourth-order valence-corrected chi connectivity index (χ4v) is 2.33. The summed E-state index contributed by atoms with van der Waals surface area (Å²) in [6.45, 7) is 8.34. The first-order chi connectivity index (χ1) is 12.6. The molecule has 0 amide bonds. The van der Waals surface area contributed by atoms with E-state index in [1.165, 1.54) is 0 Å². The molecule has 0 aliphatic heterocycles. The molecule has 0 fully saturated rings. The lowest BCUT2D eigenvalue weighted by Gasteiger charge is -2.11. The summed E-state index contributed by atoms with van der Waals surface area (Å²) < 4.78 is 10.5. The van der Waals surface area contributed by atoms with Crippen molar-refractivity contribution in [1.82, 2.24) is 20.8 Å². The standard InChI is InChI=1S/C19H29N5O2.HI/c1-5-20-19(22-13-15-8-6-9-16(12-15)25-4)21-11-7-10-17-23-18(14(2)3)24-26-17;/h6,8-9,12,14H,5,7,10-11,13H2,1-4H3,(H2,20,21,22);1H. The topological polar surface area (TPSA) is 84.6 Å². The molecule has 0 atom stereocenters.